The molecule has 0 saturated carbocycles. The molecule has 0 N–H and O–H groups in total. The second-order valence-electron chi connectivity index (χ2n) is 13.2. The van der Waals surface area contributed by atoms with Crippen LogP contribution in [0.2, 0.25) is 0 Å². The molecule has 4 aromatic heterocycles. The summed E-state index contributed by atoms with van der Waals surface area (Å²) in [5, 5.41) is 4.55. The Morgan fingerprint density at radius 1 is 0.587 bits per heavy atom. The first-order valence-electron chi connectivity index (χ1n) is 15.8. The summed E-state index contributed by atoms with van der Waals surface area (Å²) in [6, 6.07) is 42.9. The number of aromatic nitrogens is 4. The third-order valence-electron chi connectivity index (χ3n) is 9.19. The lowest BCUT2D eigenvalue weighted by molar-refractivity contribution is 0.562. The third kappa shape index (κ3) is 3.88. The fraction of sp³-hybridized carbons (Fsp3) is 0.122. The summed E-state index contributed by atoms with van der Waals surface area (Å²) in [4.78, 5) is 10.2. The fourth-order valence-electron chi connectivity index (χ4n) is 6.94. The molecule has 0 aliphatic rings. The van der Waals surface area contributed by atoms with E-state index in [2.05, 4.69) is 152 Å². The number of para-hydroxylation sites is 4. The van der Waals surface area contributed by atoms with Crippen molar-refractivity contribution in [2.24, 2.45) is 0 Å². The topological polar surface area (TPSA) is 48.8 Å². The minimum Gasteiger partial charge on any atom is -0.437 e. The van der Waals surface area contributed by atoms with Crippen molar-refractivity contribution in [3.05, 3.63) is 133 Å². The smallest absolute Gasteiger partial charge is 0.227 e. The number of hydrogen-bond acceptors (Lipinski definition) is 3. The molecule has 0 fully saturated rings. The third-order valence-corrected chi connectivity index (χ3v) is 9.19. The molecule has 0 bridgehead atoms. The SMILES string of the molecule is Cc1ccc(-c2nc3ccccc3n2-c2ccc3c4ccccc4n(-c4ccccc4)c3c2)c2oc3nc(C(C)(C)C)ccc3c12. The largest absolute Gasteiger partial charge is 0.437 e. The Kier molecular flexibility index (Phi) is 5.61. The molecular weight excluding hydrogens is 564 g/mol. The van der Waals surface area contributed by atoms with Gasteiger partial charge in [0.15, 0.2) is 0 Å². The van der Waals surface area contributed by atoms with E-state index in [0.717, 1.165) is 66.9 Å². The molecule has 9 aromatic rings. The highest BCUT2D eigenvalue weighted by Gasteiger charge is 2.24. The summed E-state index contributed by atoms with van der Waals surface area (Å²) in [5.74, 6) is 0.836. The Hall–Kier alpha value is -5.68. The van der Waals surface area contributed by atoms with E-state index >= 15 is 0 Å². The van der Waals surface area contributed by atoms with Crippen molar-refractivity contribution in [2.75, 3.05) is 0 Å². The van der Waals surface area contributed by atoms with Gasteiger partial charge in [-0.15, -0.1) is 0 Å². The lowest BCUT2D eigenvalue weighted by atomic mass is 9.91. The molecule has 9 rings (SSSR count). The Labute approximate surface area is 266 Å². The first-order chi connectivity index (χ1) is 22.4. The first-order valence-corrected chi connectivity index (χ1v) is 15.8. The molecule has 5 nitrogen and oxygen atoms in total. The van der Waals surface area contributed by atoms with Gasteiger partial charge < -0.3 is 8.98 Å². The lowest BCUT2D eigenvalue weighted by Crippen LogP contribution is -2.12. The molecule has 46 heavy (non-hydrogen) atoms. The lowest BCUT2D eigenvalue weighted by Gasteiger charge is -2.16. The number of benzene rings is 5. The molecule has 5 aromatic carbocycles. The molecule has 222 valence electrons. The van der Waals surface area contributed by atoms with Crippen LogP contribution in [0.15, 0.2) is 126 Å². The van der Waals surface area contributed by atoms with Gasteiger partial charge >= 0.3 is 0 Å². The molecule has 4 heterocycles. The van der Waals surface area contributed by atoms with Gasteiger partial charge in [-0.2, -0.15) is 0 Å². The van der Waals surface area contributed by atoms with Crippen LogP contribution in [0, 0.1) is 6.92 Å². The Bertz CT molecular complexity index is 2630. The second kappa shape index (κ2) is 9.66. The summed E-state index contributed by atoms with van der Waals surface area (Å²) in [7, 11) is 0. The van der Waals surface area contributed by atoms with Crippen molar-refractivity contribution >= 4 is 54.9 Å². The summed E-state index contributed by atoms with van der Waals surface area (Å²) in [5.41, 5.74) is 10.9. The van der Waals surface area contributed by atoms with Gasteiger partial charge in [0.05, 0.1) is 27.6 Å². The standard InChI is InChI=1S/C41H32N4O/c1-25-18-20-31(38-37(25)30-22-23-36(41(2,3)4)43-40(30)46-38)39-42-32-15-9-11-17-34(32)45(39)27-19-21-29-28-14-8-10-16-33(28)44(35(29)24-27)26-12-6-5-7-13-26/h5-24H,1-4H3. The molecular formula is C41H32N4O. The molecule has 5 heteroatoms. The van der Waals surface area contributed by atoms with Gasteiger partial charge in [0.2, 0.25) is 5.71 Å². The van der Waals surface area contributed by atoms with Crippen molar-refractivity contribution in [1.29, 1.82) is 0 Å². The van der Waals surface area contributed by atoms with Crippen molar-refractivity contribution in [3.8, 4) is 22.8 Å². The maximum Gasteiger partial charge on any atom is 0.227 e. The summed E-state index contributed by atoms with van der Waals surface area (Å²) < 4.78 is 11.3. The van der Waals surface area contributed by atoms with Gasteiger partial charge in [0, 0.05) is 44.0 Å². The number of fused-ring (bicyclic) bond motifs is 7. The predicted molar refractivity (Wildman–Crippen MR) is 189 cm³/mol. The van der Waals surface area contributed by atoms with Crippen molar-refractivity contribution < 1.29 is 4.42 Å². The zero-order valence-electron chi connectivity index (χ0n) is 26.2. The number of furan rings is 1. The van der Waals surface area contributed by atoms with E-state index < -0.39 is 0 Å². The highest BCUT2D eigenvalue weighted by Crippen LogP contribution is 2.41. The average molecular weight is 597 g/mol. The molecule has 0 aliphatic carbocycles. The monoisotopic (exact) mass is 596 g/mol. The summed E-state index contributed by atoms with van der Waals surface area (Å²) in [6.07, 6.45) is 0. The minimum atomic E-state index is -0.0835. The number of hydrogen-bond donors (Lipinski definition) is 0. The van der Waals surface area contributed by atoms with Crippen molar-refractivity contribution in [1.82, 2.24) is 19.1 Å². The second-order valence-corrected chi connectivity index (χ2v) is 13.2. The number of rotatable bonds is 3. The summed E-state index contributed by atoms with van der Waals surface area (Å²) in [6.45, 7) is 8.67. The molecule has 0 spiro atoms. The van der Waals surface area contributed by atoms with Crippen LogP contribution in [-0.2, 0) is 5.41 Å². The zero-order valence-corrected chi connectivity index (χ0v) is 26.2. The van der Waals surface area contributed by atoms with Crippen LogP contribution < -0.4 is 0 Å². The van der Waals surface area contributed by atoms with Crippen LogP contribution in [-0.4, -0.2) is 19.1 Å². The summed E-state index contributed by atoms with van der Waals surface area (Å²) >= 11 is 0. The average Bonchev–Trinajstić information content (AvgIpc) is 3.74. The van der Waals surface area contributed by atoms with Gasteiger partial charge in [0.25, 0.3) is 0 Å². The molecule has 0 radical (unpaired) electrons. The number of imidazole rings is 1. The van der Waals surface area contributed by atoms with Gasteiger partial charge in [-0.1, -0.05) is 81.4 Å². The predicted octanol–water partition coefficient (Wildman–Crippen LogP) is 10.7. The van der Waals surface area contributed by atoms with E-state index in [-0.39, 0.29) is 5.41 Å². The Morgan fingerprint density at radius 2 is 1.30 bits per heavy atom. The van der Waals surface area contributed by atoms with Crippen molar-refractivity contribution in [2.45, 2.75) is 33.1 Å². The molecule has 0 unspecified atom stereocenters. The first kappa shape index (κ1) is 26.7. The molecule has 0 atom stereocenters. The number of aryl methyl sites for hydroxylation is 1. The van der Waals surface area contributed by atoms with Crippen molar-refractivity contribution in [3.63, 3.8) is 0 Å². The van der Waals surface area contributed by atoms with Gasteiger partial charge in [0.1, 0.15) is 11.4 Å². The van der Waals surface area contributed by atoms with Crippen LogP contribution in [0.5, 0.6) is 0 Å². The number of nitrogens with zero attached hydrogens (tertiary/aromatic N) is 4. The highest BCUT2D eigenvalue weighted by molar-refractivity contribution is 6.11. The Morgan fingerprint density at radius 3 is 2.13 bits per heavy atom. The van der Waals surface area contributed by atoms with E-state index in [1.54, 1.807) is 0 Å². The fourth-order valence-corrected chi connectivity index (χ4v) is 6.94. The zero-order chi connectivity index (χ0) is 31.2. The maximum atomic E-state index is 6.66. The molecule has 0 aliphatic heterocycles. The number of pyridine rings is 1. The van der Waals surface area contributed by atoms with Crippen LogP contribution in [0.1, 0.15) is 32.0 Å². The van der Waals surface area contributed by atoms with Crippen LogP contribution in [0.4, 0.5) is 0 Å². The highest BCUT2D eigenvalue weighted by atomic mass is 16.3. The van der Waals surface area contributed by atoms with E-state index in [0.29, 0.717) is 5.71 Å². The normalized spacial score (nSPS) is 12.3. The molecule has 0 amide bonds. The van der Waals surface area contributed by atoms with Crippen LogP contribution >= 0.6 is 0 Å². The quantitative estimate of drug-likeness (QED) is 0.204. The van der Waals surface area contributed by atoms with E-state index in [1.165, 1.54) is 16.3 Å². The van der Waals surface area contributed by atoms with Gasteiger partial charge in [-0.25, -0.2) is 9.97 Å². The van der Waals surface area contributed by atoms with E-state index in [1.807, 2.05) is 6.07 Å². The van der Waals surface area contributed by atoms with Crippen LogP contribution in [0.25, 0.3) is 77.7 Å². The molecule has 0 saturated heterocycles. The van der Waals surface area contributed by atoms with Gasteiger partial charge in [-0.3, -0.25) is 4.57 Å². The van der Waals surface area contributed by atoms with E-state index in [9.17, 15) is 0 Å². The van der Waals surface area contributed by atoms with Crippen LogP contribution in [0.3, 0.4) is 0 Å². The Balaban J connectivity index is 1.34. The maximum absolute atomic E-state index is 6.66. The van der Waals surface area contributed by atoms with E-state index in [4.69, 9.17) is 14.4 Å². The minimum absolute atomic E-state index is 0.0835. The van der Waals surface area contributed by atoms with Gasteiger partial charge in [-0.05, 0) is 73.2 Å².